The monoisotopic (exact) mass is 339 g/mol. The van der Waals surface area contributed by atoms with Gasteiger partial charge in [0.2, 0.25) is 0 Å². The molecule has 0 fully saturated rings. The molecule has 1 aromatic heterocycles. The lowest BCUT2D eigenvalue weighted by molar-refractivity contribution is -0.133. The first-order valence-corrected chi connectivity index (χ1v) is 7.67. The highest BCUT2D eigenvalue weighted by atomic mass is 19.4. The van der Waals surface area contributed by atoms with Gasteiger partial charge in [0.05, 0.1) is 5.69 Å². The summed E-state index contributed by atoms with van der Waals surface area (Å²) in [5.41, 5.74) is 1.99. The van der Waals surface area contributed by atoms with Gasteiger partial charge in [-0.3, -0.25) is 9.48 Å². The number of halogens is 3. The topological polar surface area (TPSA) is 46.9 Å². The minimum Gasteiger partial charge on any atom is -0.320 e. The number of anilines is 1. The Morgan fingerprint density at radius 1 is 1.29 bits per heavy atom. The van der Waals surface area contributed by atoms with E-state index in [0.29, 0.717) is 16.9 Å². The maximum atomic E-state index is 12.4. The molecule has 0 saturated heterocycles. The van der Waals surface area contributed by atoms with E-state index in [9.17, 15) is 18.0 Å². The van der Waals surface area contributed by atoms with E-state index in [0.717, 1.165) is 5.69 Å². The lowest BCUT2D eigenvalue weighted by Crippen LogP contribution is -2.17. The average Bonchev–Trinajstić information content (AvgIpc) is 2.88. The molecular weight excluding hydrogens is 319 g/mol. The van der Waals surface area contributed by atoms with Gasteiger partial charge in [0.25, 0.3) is 5.91 Å². The highest BCUT2D eigenvalue weighted by molar-refractivity contribution is 6.03. The Balaban J connectivity index is 2.17. The van der Waals surface area contributed by atoms with E-state index in [1.165, 1.54) is 4.68 Å². The summed E-state index contributed by atoms with van der Waals surface area (Å²) in [6.45, 7) is 3.94. The van der Waals surface area contributed by atoms with Crippen LogP contribution in [0.5, 0.6) is 0 Å². The van der Waals surface area contributed by atoms with Crippen molar-refractivity contribution in [2.75, 3.05) is 5.32 Å². The lowest BCUT2D eigenvalue weighted by Gasteiger charge is -2.12. The predicted molar refractivity (Wildman–Crippen MR) is 86.1 cm³/mol. The Kier molecular flexibility index (Phi) is 5.31. The summed E-state index contributed by atoms with van der Waals surface area (Å²) in [6.07, 6.45) is -5.34. The van der Waals surface area contributed by atoms with Crippen LogP contribution in [-0.2, 0) is 13.5 Å². The standard InChI is InChI=1S/C17H20F3N3O/c1-11(2)14-10-15(23(3)22-14)16(24)21-13-7-5-4-6-12(13)8-9-17(18,19)20/h4-7,10-11H,8-9H2,1-3H3,(H,21,24). The summed E-state index contributed by atoms with van der Waals surface area (Å²) in [7, 11) is 1.66. The second-order valence-electron chi connectivity index (χ2n) is 5.96. The Hall–Kier alpha value is -2.31. The molecule has 24 heavy (non-hydrogen) atoms. The first kappa shape index (κ1) is 18.0. The van der Waals surface area contributed by atoms with Crippen molar-refractivity contribution in [2.45, 2.75) is 38.8 Å². The molecule has 0 spiro atoms. The number of carbonyl (C=O) groups excluding carboxylic acids is 1. The molecule has 0 aliphatic heterocycles. The molecule has 0 aliphatic rings. The van der Waals surface area contributed by atoms with Crippen LogP contribution in [0, 0.1) is 0 Å². The summed E-state index contributed by atoms with van der Waals surface area (Å²) >= 11 is 0. The Labute approximate surface area is 138 Å². The molecule has 1 N–H and O–H groups in total. The number of hydrogen-bond donors (Lipinski definition) is 1. The van der Waals surface area contributed by atoms with Crippen molar-refractivity contribution in [1.29, 1.82) is 0 Å². The van der Waals surface area contributed by atoms with Gasteiger partial charge in [0.1, 0.15) is 5.69 Å². The van der Waals surface area contributed by atoms with Gasteiger partial charge in [0, 0.05) is 19.2 Å². The molecule has 0 saturated carbocycles. The first-order chi connectivity index (χ1) is 11.2. The molecule has 2 aromatic rings. The molecule has 1 amide bonds. The van der Waals surface area contributed by atoms with Crippen molar-refractivity contribution in [3.8, 4) is 0 Å². The number of alkyl halides is 3. The van der Waals surface area contributed by atoms with Crippen LogP contribution in [-0.4, -0.2) is 21.9 Å². The van der Waals surface area contributed by atoms with Gasteiger partial charge in [-0.15, -0.1) is 0 Å². The van der Waals surface area contributed by atoms with Gasteiger partial charge < -0.3 is 5.32 Å². The van der Waals surface area contributed by atoms with Crippen LogP contribution in [0.25, 0.3) is 0 Å². The summed E-state index contributed by atoms with van der Waals surface area (Å²) < 4.78 is 38.8. The van der Waals surface area contributed by atoms with Gasteiger partial charge in [-0.25, -0.2) is 0 Å². The van der Waals surface area contributed by atoms with Gasteiger partial charge in [-0.1, -0.05) is 32.0 Å². The van der Waals surface area contributed by atoms with Gasteiger partial charge in [0.15, 0.2) is 0 Å². The first-order valence-electron chi connectivity index (χ1n) is 7.67. The zero-order valence-electron chi connectivity index (χ0n) is 13.8. The number of aromatic nitrogens is 2. The second-order valence-corrected chi connectivity index (χ2v) is 5.96. The van der Waals surface area contributed by atoms with Crippen molar-refractivity contribution >= 4 is 11.6 Å². The van der Waals surface area contributed by atoms with Gasteiger partial charge >= 0.3 is 6.18 Å². The minimum absolute atomic E-state index is 0.178. The molecule has 1 heterocycles. The van der Waals surface area contributed by atoms with E-state index in [2.05, 4.69) is 10.4 Å². The molecule has 0 aliphatic carbocycles. The molecular formula is C17H20F3N3O. The van der Waals surface area contributed by atoms with Crippen LogP contribution in [0.2, 0.25) is 0 Å². The number of carbonyl (C=O) groups is 1. The van der Waals surface area contributed by atoms with Crippen LogP contribution >= 0.6 is 0 Å². The van der Waals surface area contributed by atoms with Crippen molar-refractivity contribution in [2.24, 2.45) is 7.05 Å². The smallest absolute Gasteiger partial charge is 0.320 e. The Morgan fingerprint density at radius 3 is 2.54 bits per heavy atom. The number of benzene rings is 1. The normalized spacial score (nSPS) is 11.8. The van der Waals surface area contributed by atoms with Crippen molar-refractivity contribution < 1.29 is 18.0 Å². The van der Waals surface area contributed by atoms with E-state index in [-0.39, 0.29) is 12.3 Å². The molecule has 1 aromatic carbocycles. The summed E-state index contributed by atoms with van der Waals surface area (Å²) in [5.74, 6) is -0.215. The Morgan fingerprint density at radius 2 is 1.96 bits per heavy atom. The number of nitrogens with zero attached hydrogens (tertiary/aromatic N) is 2. The molecule has 7 heteroatoms. The van der Waals surface area contributed by atoms with Crippen LogP contribution in [0.3, 0.4) is 0 Å². The molecule has 4 nitrogen and oxygen atoms in total. The van der Waals surface area contributed by atoms with E-state index in [1.807, 2.05) is 13.8 Å². The summed E-state index contributed by atoms with van der Waals surface area (Å²) in [4.78, 5) is 12.4. The quantitative estimate of drug-likeness (QED) is 0.883. The highest BCUT2D eigenvalue weighted by Crippen LogP contribution is 2.25. The number of nitrogens with one attached hydrogen (secondary N) is 1. The van der Waals surface area contributed by atoms with Crippen molar-refractivity contribution in [3.05, 3.63) is 47.3 Å². The van der Waals surface area contributed by atoms with Crippen LogP contribution < -0.4 is 5.32 Å². The minimum atomic E-state index is -4.23. The Bertz CT molecular complexity index is 720. The van der Waals surface area contributed by atoms with Crippen molar-refractivity contribution in [3.63, 3.8) is 0 Å². The molecule has 0 radical (unpaired) electrons. The van der Waals surface area contributed by atoms with Gasteiger partial charge in [-0.2, -0.15) is 18.3 Å². The maximum absolute atomic E-state index is 12.4. The third-order valence-corrected chi connectivity index (χ3v) is 3.67. The predicted octanol–water partition coefficient (Wildman–Crippen LogP) is 4.29. The summed E-state index contributed by atoms with van der Waals surface area (Å²) in [5, 5.41) is 6.96. The van der Waals surface area contributed by atoms with Crippen LogP contribution in [0.1, 0.15) is 47.9 Å². The zero-order valence-corrected chi connectivity index (χ0v) is 13.8. The van der Waals surface area contributed by atoms with Crippen molar-refractivity contribution in [1.82, 2.24) is 9.78 Å². The number of amides is 1. The molecule has 130 valence electrons. The fraction of sp³-hybridized carbons (Fsp3) is 0.412. The molecule has 0 unspecified atom stereocenters. The third kappa shape index (κ3) is 4.59. The molecule has 0 atom stereocenters. The van der Waals surface area contributed by atoms with E-state index in [4.69, 9.17) is 0 Å². The van der Waals surface area contributed by atoms with E-state index in [1.54, 1.807) is 37.4 Å². The van der Waals surface area contributed by atoms with E-state index >= 15 is 0 Å². The zero-order chi connectivity index (χ0) is 17.9. The number of hydrogen-bond acceptors (Lipinski definition) is 2. The van der Waals surface area contributed by atoms with E-state index < -0.39 is 18.5 Å². The van der Waals surface area contributed by atoms with Gasteiger partial charge in [-0.05, 0) is 30.0 Å². The fourth-order valence-corrected chi connectivity index (χ4v) is 2.31. The fourth-order valence-electron chi connectivity index (χ4n) is 2.31. The van der Waals surface area contributed by atoms with Crippen LogP contribution in [0.15, 0.2) is 30.3 Å². The lowest BCUT2D eigenvalue weighted by atomic mass is 10.1. The third-order valence-electron chi connectivity index (χ3n) is 3.67. The summed E-state index contributed by atoms with van der Waals surface area (Å²) in [6, 6.07) is 8.21. The maximum Gasteiger partial charge on any atom is 0.389 e. The number of para-hydroxylation sites is 1. The highest BCUT2D eigenvalue weighted by Gasteiger charge is 2.27. The number of rotatable bonds is 5. The largest absolute Gasteiger partial charge is 0.389 e. The number of aryl methyl sites for hydroxylation is 2. The molecule has 0 bridgehead atoms. The molecule has 2 rings (SSSR count). The average molecular weight is 339 g/mol. The second kappa shape index (κ2) is 7.07. The SMILES string of the molecule is CC(C)c1cc(C(=O)Nc2ccccc2CCC(F)(F)F)n(C)n1. The van der Waals surface area contributed by atoms with Crippen LogP contribution in [0.4, 0.5) is 18.9 Å².